The average Bonchev–Trinajstić information content (AvgIpc) is 2.76. The first-order valence-electron chi connectivity index (χ1n) is 10.1. The number of nitrogens with one attached hydrogen (secondary N) is 1. The number of carbonyl (C=O) groups excluding carboxylic acids is 1. The molecular weight excluding hydrogens is 459 g/mol. The van der Waals surface area contributed by atoms with Gasteiger partial charge < -0.3 is 10.1 Å². The highest BCUT2D eigenvalue weighted by molar-refractivity contribution is 7.88. The normalized spacial score (nSPS) is 16.6. The van der Waals surface area contributed by atoms with Crippen LogP contribution in [-0.2, 0) is 20.6 Å². The van der Waals surface area contributed by atoms with E-state index in [1.54, 1.807) is 25.3 Å². The first-order valence-corrected chi connectivity index (χ1v) is 12.4. The maximum atomic E-state index is 12.9. The maximum absolute atomic E-state index is 12.9. The lowest BCUT2D eigenvalue weighted by atomic mass is 9.96. The Morgan fingerprint density at radius 1 is 1.13 bits per heavy atom. The zero-order valence-corrected chi connectivity index (χ0v) is 19.8. The Bertz CT molecular complexity index is 1020. The van der Waals surface area contributed by atoms with Crippen molar-refractivity contribution in [2.75, 3.05) is 20.2 Å². The third kappa shape index (κ3) is 5.71. The predicted octanol–water partition coefficient (Wildman–Crippen LogP) is 4.42. The van der Waals surface area contributed by atoms with E-state index in [9.17, 15) is 13.2 Å². The molecule has 1 N–H and O–H groups in total. The molecule has 3 rings (SSSR count). The molecule has 0 saturated carbocycles. The number of hydrogen-bond donors (Lipinski definition) is 1. The minimum absolute atomic E-state index is 0.0791. The molecule has 9 heteroatoms. The lowest BCUT2D eigenvalue weighted by molar-refractivity contribution is -0.126. The summed E-state index contributed by atoms with van der Waals surface area (Å²) < 4.78 is 32.5. The Morgan fingerprint density at radius 2 is 1.74 bits per heavy atom. The number of carbonyl (C=O) groups is 1. The minimum atomic E-state index is -3.59. The highest BCUT2D eigenvalue weighted by Crippen LogP contribution is 2.30. The van der Waals surface area contributed by atoms with Gasteiger partial charge in [0.15, 0.2) is 0 Å². The van der Waals surface area contributed by atoms with E-state index < -0.39 is 10.0 Å². The molecule has 1 atom stereocenters. The molecular formula is C22H26Cl2N2O4S. The summed E-state index contributed by atoms with van der Waals surface area (Å²) in [6, 6.07) is 12.3. The Balaban J connectivity index is 1.59. The summed E-state index contributed by atoms with van der Waals surface area (Å²) in [6.45, 7) is 2.47. The van der Waals surface area contributed by atoms with Crippen molar-refractivity contribution in [2.45, 2.75) is 31.6 Å². The van der Waals surface area contributed by atoms with E-state index in [0.29, 0.717) is 28.5 Å². The zero-order valence-electron chi connectivity index (χ0n) is 17.5. The van der Waals surface area contributed by atoms with Crippen molar-refractivity contribution in [1.29, 1.82) is 0 Å². The van der Waals surface area contributed by atoms with Gasteiger partial charge in [-0.25, -0.2) is 12.7 Å². The Hall–Kier alpha value is -1.80. The molecule has 168 valence electrons. The molecule has 2 aromatic rings. The number of ether oxygens (including phenoxy) is 1. The van der Waals surface area contributed by atoms with E-state index in [-0.39, 0.29) is 36.7 Å². The van der Waals surface area contributed by atoms with Gasteiger partial charge in [0.05, 0.1) is 18.9 Å². The number of methoxy groups -OCH3 is 1. The molecule has 0 aliphatic carbocycles. The second kappa shape index (κ2) is 10.2. The number of para-hydroxylation sites is 1. The van der Waals surface area contributed by atoms with Crippen molar-refractivity contribution in [3.05, 3.63) is 63.6 Å². The number of nitrogens with zero attached hydrogens (tertiary/aromatic N) is 1. The molecule has 1 aliphatic rings. The molecule has 1 saturated heterocycles. The zero-order chi connectivity index (χ0) is 22.6. The van der Waals surface area contributed by atoms with E-state index >= 15 is 0 Å². The van der Waals surface area contributed by atoms with Crippen LogP contribution in [0.15, 0.2) is 42.5 Å². The molecule has 1 fully saturated rings. The summed E-state index contributed by atoms with van der Waals surface area (Å²) in [4.78, 5) is 12.8. The van der Waals surface area contributed by atoms with E-state index in [0.717, 1.165) is 11.3 Å². The Labute approximate surface area is 193 Å². The smallest absolute Gasteiger partial charge is 0.223 e. The van der Waals surface area contributed by atoms with Crippen molar-refractivity contribution in [1.82, 2.24) is 9.62 Å². The quantitative estimate of drug-likeness (QED) is 0.630. The molecule has 6 nitrogen and oxygen atoms in total. The molecule has 1 aliphatic heterocycles. The number of amides is 1. The van der Waals surface area contributed by atoms with Crippen LogP contribution in [0.5, 0.6) is 5.75 Å². The third-order valence-electron chi connectivity index (χ3n) is 5.57. The highest BCUT2D eigenvalue weighted by Gasteiger charge is 2.32. The number of piperidine rings is 1. The van der Waals surface area contributed by atoms with E-state index in [1.165, 1.54) is 4.31 Å². The van der Waals surface area contributed by atoms with Crippen LogP contribution in [0.25, 0.3) is 0 Å². The van der Waals surface area contributed by atoms with Crippen LogP contribution in [0.2, 0.25) is 10.0 Å². The van der Waals surface area contributed by atoms with Gasteiger partial charge in [-0.3, -0.25) is 4.79 Å². The lowest BCUT2D eigenvalue weighted by Crippen LogP contribution is -2.43. The van der Waals surface area contributed by atoms with Crippen molar-refractivity contribution in [2.24, 2.45) is 5.92 Å². The van der Waals surface area contributed by atoms with Gasteiger partial charge in [-0.05, 0) is 38.0 Å². The molecule has 31 heavy (non-hydrogen) atoms. The molecule has 2 aromatic carbocycles. The summed E-state index contributed by atoms with van der Waals surface area (Å²) >= 11 is 12.3. The van der Waals surface area contributed by atoms with Crippen LogP contribution >= 0.6 is 23.2 Å². The summed E-state index contributed by atoms with van der Waals surface area (Å²) in [7, 11) is -1.99. The fourth-order valence-electron chi connectivity index (χ4n) is 3.77. The highest BCUT2D eigenvalue weighted by atomic mass is 35.5. The second-order valence-corrected chi connectivity index (χ2v) is 10.4. The van der Waals surface area contributed by atoms with E-state index in [1.807, 2.05) is 31.2 Å². The van der Waals surface area contributed by atoms with Crippen LogP contribution < -0.4 is 10.1 Å². The van der Waals surface area contributed by atoms with Crippen LogP contribution in [0.4, 0.5) is 0 Å². The fourth-order valence-corrected chi connectivity index (χ4v) is 6.09. The number of benzene rings is 2. The van der Waals surface area contributed by atoms with Gasteiger partial charge in [-0.1, -0.05) is 47.5 Å². The van der Waals surface area contributed by atoms with Gasteiger partial charge in [0.25, 0.3) is 0 Å². The Kier molecular flexibility index (Phi) is 7.86. The van der Waals surface area contributed by atoms with Gasteiger partial charge >= 0.3 is 0 Å². The van der Waals surface area contributed by atoms with Gasteiger partial charge in [0.2, 0.25) is 15.9 Å². The average molecular weight is 485 g/mol. The summed E-state index contributed by atoms with van der Waals surface area (Å²) in [5, 5.41) is 3.69. The van der Waals surface area contributed by atoms with Crippen molar-refractivity contribution < 1.29 is 17.9 Å². The summed E-state index contributed by atoms with van der Waals surface area (Å²) in [6.07, 6.45) is 0.917. The molecule has 0 radical (unpaired) electrons. The topological polar surface area (TPSA) is 75.7 Å². The van der Waals surface area contributed by atoms with E-state index in [4.69, 9.17) is 27.9 Å². The molecule has 0 spiro atoms. The van der Waals surface area contributed by atoms with Crippen molar-refractivity contribution in [3.63, 3.8) is 0 Å². The molecule has 1 amide bonds. The van der Waals surface area contributed by atoms with Crippen LogP contribution in [0.3, 0.4) is 0 Å². The standard InChI is InChI=1S/C22H26Cl2N2O4S/c1-15(17-6-3-4-9-21(17)30-2)25-22(27)16-10-12-26(13-11-16)31(28,29)14-18-19(23)7-5-8-20(18)24/h3-9,15-16H,10-14H2,1-2H3,(H,25,27). The second-order valence-electron chi connectivity index (χ2n) is 7.60. The first kappa shape index (κ1) is 23.9. The SMILES string of the molecule is COc1ccccc1C(C)NC(=O)C1CCN(S(=O)(=O)Cc2c(Cl)cccc2Cl)CC1. The summed E-state index contributed by atoms with van der Waals surface area (Å²) in [5.74, 6) is 0.138. The minimum Gasteiger partial charge on any atom is -0.496 e. The number of rotatable bonds is 7. The van der Waals surface area contributed by atoms with Crippen molar-refractivity contribution >= 4 is 39.1 Å². The molecule has 1 heterocycles. The predicted molar refractivity (Wildman–Crippen MR) is 123 cm³/mol. The number of sulfonamides is 1. The van der Waals surface area contributed by atoms with Crippen LogP contribution in [0, 0.1) is 5.92 Å². The fraction of sp³-hybridized carbons (Fsp3) is 0.409. The summed E-state index contributed by atoms with van der Waals surface area (Å²) in [5.41, 5.74) is 1.30. The van der Waals surface area contributed by atoms with Gasteiger partial charge in [-0.2, -0.15) is 0 Å². The van der Waals surface area contributed by atoms with Crippen LogP contribution in [-0.4, -0.2) is 38.8 Å². The van der Waals surface area contributed by atoms with Gasteiger partial charge in [0.1, 0.15) is 5.75 Å². The molecule has 0 aromatic heterocycles. The van der Waals surface area contributed by atoms with Gasteiger partial charge in [-0.15, -0.1) is 0 Å². The van der Waals surface area contributed by atoms with Gasteiger partial charge in [0, 0.05) is 40.2 Å². The largest absolute Gasteiger partial charge is 0.496 e. The molecule has 0 bridgehead atoms. The lowest BCUT2D eigenvalue weighted by Gasteiger charge is -2.31. The first-order chi connectivity index (χ1) is 14.7. The number of hydrogen-bond acceptors (Lipinski definition) is 4. The monoisotopic (exact) mass is 484 g/mol. The van der Waals surface area contributed by atoms with Crippen LogP contribution in [0.1, 0.15) is 36.9 Å². The van der Waals surface area contributed by atoms with E-state index in [2.05, 4.69) is 5.32 Å². The Morgan fingerprint density at radius 3 is 2.35 bits per heavy atom. The van der Waals surface area contributed by atoms with Crippen molar-refractivity contribution in [3.8, 4) is 5.75 Å². The third-order valence-corrected chi connectivity index (χ3v) is 8.08. The number of halogens is 2. The molecule has 1 unspecified atom stereocenters. The maximum Gasteiger partial charge on any atom is 0.223 e.